The Morgan fingerprint density at radius 2 is 2.18 bits per heavy atom. The molecule has 1 saturated heterocycles. The van der Waals surface area contributed by atoms with Gasteiger partial charge in [0.2, 0.25) is 0 Å². The van der Waals surface area contributed by atoms with Crippen LogP contribution in [0, 0.1) is 12.3 Å². The third-order valence-electron chi connectivity index (χ3n) is 3.09. The van der Waals surface area contributed by atoms with E-state index >= 15 is 0 Å². The van der Waals surface area contributed by atoms with Gasteiger partial charge in [0.25, 0.3) is 0 Å². The van der Waals surface area contributed by atoms with Gasteiger partial charge in [0.05, 0.1) is 10.7 Å². The third kappa shape index (κ3) is 3.56. The van der Waals surface area contributed by atoms with Gasteiger partial charge in [0.1, 0.15) is 0 Å². The summed E-state index contributed by atoms with van der Waals surface area (Å²) in [6.07, 6.45) is 1.21. The van der Waals surface area contributed by atoms with Crippen LogP contribution in [0.2, 0.25) is 5.02 Å². The summed E-state index contributed by atoms with van der Waals surface area (Å²) in [6.45, 7) is 6.78. The molecule has 94 valence electrons. The van der Waals surface area contributed by atoms with Crippen molar-refractivity contribution in [3.8, 4) is 0 Å². The Bertz CT molecular complexity index is 403. The molecular weight excluding hydrogens is 250 g/mol. The normalized spacial score (nSPS) is 23.4. The van der Waals surface area contributed by atoms with Crippen molar-refractivity contribution in [2.24, 2.45) is 5.41 Å². The van der Waals surface area contributed by atoms with Crippen molar-refractivity contribution in [3.05, 3.63) is 28.8 Å². The van der Waals surface area contributed by atoms with E-state index in [9.17, 15) is 0 Å². The van der Waals surface area contributed by atoms with E-state index in [1.807, 2.05) is 23.9 Å². The molecule has 1 atom stereocenters. The van der Waals surface area contributed by atoms with Crippen LogP contribution in [0.15, 0.2) is 18.2 Å². The summed E-state index contributed by atoms with van der Waals surface area (Å²) in [4.78, 5) is 0. The van der Waals surface area contributed by atoms with Gasteiger partial charge < -0.3 is 5.32 Å². The first kappa shape index (κ1) is 13.1. The summed E-state index contributed by atoms with van der Waals surface area (Å²) >= 11 is 8.25. The molecule has 0 saturated carbocycles. The van der Waals surface area contributed by atoms with Gasteiger partial charge in [-0.2, -0.15) is 11.8 Å². The Labute approximate surface area is 113 Å². The van der Waals surface area contributed by atoms with Crippen molar-refractivity contribution < 1.29 is 0 Å². The van der Waals surface area contributed by atoms with E-state index < -0.39 is 0 Å². The Kier molecular flexibility index (Phi) is 3.94. The van der Waals surface area contributed by atoms with E-state index in [2.05, 4.69) is 32.2 Å². The fourth-order valence-electron chi connectivity index (χ4n) is 2.32. The predicted molar refractivity (Wildman–Crippen MR) is 79.3 cm³/mol. The first-order valence-electron chi connectivity index (χ1n) is 6.07. The maximum absolute atomic E-state index is 6.22. The predicted octanol–water partition coefficient (Wildman–Crippen LogP) is 4.59. The number of benzene rings is 1. The quantitative estimate of drug-likeness (QED) is 0.843. The van der Waals surface area contributed by atoms with Crippen LogP contribution in [-0.4, -0.2) is 17.5 Å². The molecule has 1 fully saturated rings. The van der Waals surface area contributed by atoms with Gasteiger partial charge in [-0.3, -0.25) is 0 Å². The molecule has 1 N–H and O–H groups in total. The summed E-state index contributed by atoms with van der Waals surface area (Å²) < 4.78 is 0. The topological polar surface area (TPSA) is 12.0 Å². The number of hydrogen-bond acceptors (Lipinski definition) is 2. The lowest BCUT2D eigenvalue weighted by molar-refractivity contribution is 0.358. The van der Waals surface area contributed by atoms with Crippen molar-refractivity contribution in [2.75, 3.05) is 16.8 Å². The first-order chi connectivity index (χ1) is 7.96. The highest BCUT2D eigenvalue weighted by atomic mass is 35.5. The fraction of sp³-hybridized carbons (Fsp3) is 0.571. The van der Waals surface area contributed by atoms with Crippen LogP contribution in [0.3, 0.4) is 0 Å². The number of halogens is 1. The van der Waals surface area contributed by atoms with Gasteiger partial charge in [0.15, 0.2) is 0 Å². The number of anilines is 1. The Morgan fingerprint density at radius 1 is 1.41 bits per heavy atom. The zero-order chi connectivity index (χ0) is 12.5. The summed E-state index contributed by atoms with van der Waals surface area (Å²) in [5.74, 6) is 2.43. The van der Waals surface area contributed by atoms with E-state index in [1.54, 1.807) is 0 Å². The van der Waals surface area contributed by atoms with Gasteiger partial charge in [-0.05, 0) is 42.2 Å². The minimum absolute atomic E-state index is 0.427. The highest BCUT2D eigenvalue weighted by Gasteiger charge is 2.28. The summed E-state index contributed by atoms with van der Waals surface area (Å²) in [5, 5.41) is 4.42. The smallest absolute Gasteiger partial charge is 0.0637 e. The Morgan fingerprint density at radius 3 is 2.88 bits per heavy atom. The second kappa shape index (κ2) is 5.11. The molecule has 3 heteroatoms. The van der Waals surface area contributed by atoms with Crippen LogP contribution in [0.4, 0.5) is 5.69 Å². The molecule has 0 aliphatic carbocycles. The molecule has 0 spiro atoms. The molecule has 1 aliphatic heterocycles. The average Bonchev–Trinajstić information content (AvgIpc) is 2.22. The van der Waals surface area contributed by atoms with Crippen LogP contribution in [-0.2, 0) is 0 Å². The number of nitrogens with one attached hydrogen (secondary N) is 1. The van der Waals surface area contributed by atoms with Crippen LogP contribution < -0.4 is 5.32 Å². The van der Waals surface area contributed by atoms with Gasteiger partial charge in [-0.1, -0.05) is 31.5 Å². The minimum Gasteiger partial charge on any atom is -0.380 e. The summed E-state index contributed by atoms with van der Waals surface area (Å²) in [7, 11) is 0. The molecule has 0 amide bonds. The van der Waals surface area contributed by atoms with Crippen LogP contribution in [0.25, 0.3) is 0 Å². The lowest BCUT2D eigenvalue weighted by atomic mass is 9.88. The second-order valence-corrected chi connectivity index (χ2v) is 7.15. The largest absolute Gasteiger partial charge is 0.380 e. The molecule has 1 nitrogen and oxygen atoms in total. The van der Waals surface area contributed by atoms with Crippen molar-refractivity contribution in [1.82, 2.24) is 0 Å². The van der Waals surface area contributed by atoms with Gasteiger partial charge >= 0.3 is 0 Å². The average molecular weight is 270 g/mol. The number of rotatable bonds is 2. The summed E-state index contributed by atoms with van der Waals surface area (Å²) in [5.41, 5.74) is 2.76. The number of thioether (sulfide) groups is 1. The number of aryl methyl sites for hydroxylation is 1. The molecule has 0 aromatic heterocycles. The lowest BCUT2D eigenvalue weighted by Crippen LogP contribution is -2.35. The molecular formula is C14H20ClNS. The van der Waals surface area contributed by atoms with Crippen LogP contribution in [0.5, 0.6) is 0 Å². The molecule has 2 rings (SSSR count). The van der Waals surface area contributed by atoms with Crippen LogP contribution >= 0.6 is 23.4 Å². The highest BCUT2D eigenvalue weighted by molar-refractivity contribution is 7.99. The monoisotopic (exact) mass is 269 g/mol. The zero-order valence-electron chi connectivity index (χ0n) is 10.7. The number of hydrogen-bond donors (Lipinski definition) is 1. The van der Waals surface area contributed by atoms with Crippen molar-refractivity contribution in [1.29, 1.82) is 0 Å². The molecule has 1 heterocycles. The molecule has 0 bridgehead atoms. The van der Waals surface area contributed by atoms with Crippen LogP contribution in [0.1, 0.15) is 25.8 Å². The Balaban J connectivity index is 2.07. The molecule has 1 aromatic rings. The molecule has 0 radical (unpaired) electrons. The lowest BCUT2D eigenvalue weighted by Gasteiger charge is -2.35. The maximum Gasteiger partial charge on any atom is 0.0637 e. The second-order valence-electron chi connectivity index (χ2n) is 5.71. The third-order valence-corrected chi connectivity index (χ3v) is 5.05. The van der Waals surface area contributed by atoms with Gasteiger partial charge in [-0.25, -0.2) is 0 Å². The van der Waals surface area contributed by atoms with Crippen molar-refractivity contribution in [3.63, 3.8) is 0 Å². The van der Waals surface area contributed by atoms with Gasteiger partial charge in [-0.15, -0.1) is 0 Å². The molecule has 1 unspecified atom stereocenters. The van der Waals surface area contributed by atoms with Crippen molar-refractivity contribution in [2.45, 2.75) is 33.2 Å². The van der Waals surface area contributed by atoms with E-state index in [1.165, 1.54) is 23.5 Å². The molecule has 1 aromatic carbocycles. The van der Waals surface area contributed by atoms with Crippen molar-refractivity contribution >= 4 is 29.1 Å². The molecule has 1 aliphatic rings. The SMILES string of the molecule is Cc1ccc(Cl)c(NC2CSCC(C)(C)C2)c1. The first-order valence-corrected chi connectivity index (χ1v) is 7.60. The minimum atomic E-state index is 0.427. The summed E-state index contributed by atoms with van der Waals surface area (Å²) in [6, 6.07) is 6.69. The van der Waals surface area contributed by atoms with E-state index in [0.717, 1.165) is 10.7 Å². The fourth-order valence-corrected chi connectivity index (χ4v) is 3.77. The standard InChI is InChI=1S/C14H20ClNS/c1-10-4-5-12(15)13(6-10)16-11-7-14(2,3)9-17-8-11/h4-6,11,16H,7-9H2,1-3H3. The highest BCUT2D eigenvalue weighted by Crippen LogP contribution is 2.35. The molecule has 17 heavy (non-hydrogen) atoms. The Hall–Kier alpha value is -0.340. The van der Waals surface area contributed by atoms with Gasteiger partial charge in [0, 0.05) is 11.8 Å². The van der Waals surface area contributed by atoms with E-state index in [0.29, 0.717) is 11.5 Å². The zero-order valence-corrected chi connectivity index (χ0v) is 12.3. The maximum atomic E-state index is 6.22. The van der Waals surface area contributed by atoms with E-state index in [4.69, 9.17) is 11.6 Å². The van der Waals surface area contributed by atoms with E-state index in [-0.39, 0.29) is 0 Å².